The second-order valence-corrected chi connectivity index (χ2v) is 6.50. The lowest BCUT2D eigenvalue weighted by atomic mass is 10.2. The first kappa shape index (κ1) is 15.1. The van der Waals surface area contributed by atoms with Crippen LogP contribution in [0.15, 0.2) is 51.9 Å². The number of aryl methyl sites for hydroxylation is 1. The van der Waals surface area contributed by atoms with Gasteiger partial charge in [-0.05, 0) is 59.3 Å². The third-order valence-corrected chi connectivity index (χ3v) is 4.94. The van der Waals surface area contributed by atoms with Gasteiger partial charge in [0.1, 0.15) is 5.82 Å². The molecule has 1 aromatic heterocycles. The molecule has 0 atom stereocenters. The second-order valence-electron chi connectivity index (χ2n) is 4.64. The number of thiazole rings is 1. The van der Waals surface area contributed by atoms with Crippen LogP contribution in [0.4, 0.5) is 4.39 Å². The molecule has 1 heterocycles. The molecule has 112 valence electrons. The van der Waals surface area contributed by atoms with Crippen molar-refractivity contribution in [2.75, 3.05) is 0 Å². The number of rotatable bonds is 2. The molecule has 0 aliphatic heterocycles. The van der Waals surface area contributed by atoms with Crippen molar-refractivity contribution < 1.29 is 9.18 Å². The molecule has 0 radical (unpaired) electrons. The molecule has 1 amide bonds. The summed E-state index contributed by atoms with van der Waals surface area (Å²) in [6.45, 7) is 2.71. The number of halogens is 2. The molecule has 0 spiro atoms. The summed E-state index contributed by atoms with van der Waals surface area (Å²) in [5, 5.41) is 0. The van der Waals surface area contributed by atoms with Crippen molar-refractivity contribution in [3.05, 3.63) is 63.1 Å². The van der Waals surface area contributed by atoms with Gasteiger partial charge in [0.05, 0.1) is 10.2 Å². The quantitative estimate of drug-likeness (QED) is 0.651. The minimum Gasteiger partial charge on any atom is -0.316 e. The summed E-state index contributed by atoms with van der Waals surface area (Å²) in [5.74, 6) is -0.740. The van der Waals surface area contributed by atoms with Crippen LogP contribution in [0.3, 0.4) is 0 Å². The van der Waals surface area contributed by atoms with Crippen LogP contribution in [0.1, 0.15) is 17.3 Å². The van der Waals surface area contributed by atoms with E-state index in [0.29, 0.717) is 16.9 Å². The third kappa shape index (κ3) is 2.76. The molecular formula is C16H12BrFN2OS. The number of fused-ring (bicyclic) bond motifs is 1. The molecule has 0 saturated heterocycles. The molecule has 0 aliphatic carbocycles. The van der Waals surface area contributed by atoms with E-state index in [2.05, 4.69) is 20.9 Å². The minimum atomic E-state index is -0.370. The van der Waals surface area contributed by atoms with Gasteiger partial charge in [-0.3, -0.25) is 4.79 Å². The molecule has 0 fully saturated rings. The van der Waals surface area contributed by atoms with E-state index >= 15 is 0 Å². The first-order valence-electron chi connectivity index (χ1n) is 6.72. The molecule has 6 heteroatoms. The van der Waals surface area contributed by atoms with E-state index < -0.39 is 0 Å². The fourth-order valence-corrected chi connectivity index (χ4v) is 4.04. The van der Waals surface area contributed by atoms with Crippen molar-refractivity contribution in [2.24, 2.45) is 4.99 Å². The number of benzene rings is 2. The highest BCUT2D eigenvalue weighted by Crippen LogP contribution is 2.25. The van der Waals surface area contributed by atoms with Gasteiger partial charge >= 0.3 is 0 Å². The summed E-state index contributed by atoms with van der Waals surface area (Å²) < 4.78 is 17.0. The lowest BCUT2D eigenvalue weighted by Crippen LogP contribution is -2.16. The molecular weight excluding hydrogens is 367 g/mol. The number of hydrogen-bond donors (Lipinski definition) is 0. The Hall–Kier alpha value is -1.79. The molecule has 0 bridgehead atoms. The third-order valence-electron chi connectivity index (χ3n) is 3.26. The average molecular weight is 379 g/mol. The van der Waals surface area contributed by atoms with Gasteiger partial charge in [0.2, 0.25) is 0 Å². The van der Waals surface area contributed by atoms with Crippen molar-refractivity contribution in [1.29, 1.82) is 0 Å². The molecule has 0 unspecified atom stereocenters. The van der Waals surface area contributed by atoms with Crippen molar-refractivity contribution in [3.63, 3.8) is 0 Å². The van der Waals surface area contributed by atoms with Crippen LogP contribution in [0, 0.1) is 5.82 Å². The van der Waals surface area contributed by atoms with E-state index in [1.165, 1.54) is 35.6 Å². The van der Waals surface area contributed by atoms with Crippen LogP contribution < -0.4 is 4.80 Å². The van der Waals surface area contributed by atoms with Crippen LogP contribution in [0.2, 0.25) is 0 Å². The largest absolute Gasteiger partial charge is 0.316 e. The fraction of sp³-hybridized carbons (Fsp3) is 0.125. The topological polar surface area (TPSA) is 34.4 Å². The van der Waals surface area contributed by atoms with Crippen molar-refractivity contribution in [1.82, 2.24) is 4.57 Å². The van der Waals surface area contributed by atoms with Gasteiger partial charge < -0.3 is 4.57 Å². The number of nitrogens with zero attached hydrogens (tertiary/aromatic N) is 2. The zero-order valence-electron chi connectivity index (χ0n) is 11.7. The van der Waals surface area contributed by atoms with Crippen LogP contribution in [-0.4, -0.2) is 10.5 Å². The molecule has 2 aromatic carbocycles. The van der Waals surface area contributed by atoms with Crippen LogP contribution in [-0.2, 0) is 6.54 Å². The molecule has 0 saturated carbocycles. The van der Waals surface area contributed by atoms with Gasteiger partial charge in [0, 0.05) is 16.6 Å². The van der Waals surface area contributed by atoms with E-state index in [-0.39, 0.29) is 11.7 Å². The first-order chi connectivity index (χ1) is 10.6. The van der Waals surface area contributed by atoms with E-state index in [4.69, 9.17) is 0 Å². The first-order valence-corrected chi connectivity index (χ1v) is 8.33. The predicted octanol–water partition coefficient (Wildman–Crippen LogP) is 4.37. The molecule has 0 aliphatic rings. The smallest absolute Gasteiger partial charge is 0.279 e. The highest BCUT2D eigenvalue weighted by molar-refractivity contribution is 9.10. The highest BCUT2D eigenvalue weighted by atomic mass is 79.9. The maximum absolute atomic E-state index is 12.9. The summed E-state index contributed by atoms with van der Waals surface area (Å²) in [6.07, 6.45) is 0. The number of carbonyl (C=O) groups excluding carboxylic acids is 1. The standard InChI is InChI=1S/C16H12BrFN2OS/c1-2-20-14-12(17)4-3-5-13(14)22-16(20)19-15(21)10-6-8-11(18)9-7-10/h3-9H,2H2,1H3. The van der Waals surface area contributed by atoms with Gasteiger partial charge in [-0.15, -0.1) is 0 Å². The summed E-state index contributed by atoms with van der Waals surface area (Å²) in [6, 6.07) is 11.3. The summed E-state index contributed by atoms with van der Waals surface area (Å²) in [5.41, 5.74) is 1.40. The number of hydrogen-bond acceptors (Lipinski definition) is 2. The Balaban J connectivity index is 2.15. The zero-order valence-corrected chi connectivity index (χ0v) is 14.1. The zero-order chi connectivity index (χ0) is 15.7. The SMILES string of the molecule is CCn1c(=NC(=O)c2ccc(F)cc2)sc2cccc(Br)c21. The summed E-state index contributed by atoms with van der Waals surface area (Å²) >= 11 is 5.00. The predicted molar refractivity (Wildman–Crippen MR) is 89.5 cm³/mol. The lowest BCUT2D eigenvalue weighted by Gasteiger charge is -2.02. The minimum absolute atomic E-state index is 0.369. The van der Waals surface area contributed by atoms with Crippen LogP contribution >= 0.6 is 27.3 Å². The van der Waals surface area contributed by atoms with Crippen molar-refractivity contribution in [2.45, 2.75) is 13.5 Å². The molecule has 3 rings (SSSR count). The fourth-order valence-electron chi connectivity index (χ4n) is 2.21. The van der Waals surface area contributed by atoms with Gasteiger partial charge in [-0.25, -0.2) is 4.39 Å². The molecule has 3 nitrogen and oxygen atoms in total. The Morgan fingerprint density at radius 3 is 2.68 bits per heavy atom. The van der Waals surface area contributed by atoms with Crippen LogP contribution in [0.5, 0.6) is 0 Å². The number of aromatic nitrogens is 1. The molecule has 22 heavy (non-hydrogen) atoms. The Labute approximate surface area is 138 Å². The van der Waals surface area contributed by atoms with Gasteiger partial charge in [-0.1, -0.05) is 17.4 Å². The highest BCUT2D eigenvalue weighted by Gasteiger charge is 2.10. The summed E-state index contributed by atoms with van der Waals surface area (Å²) in [7, 11) is 0. The Morgan fingerprint density at radius 1 is 1.27 bits per heavy atom. The molecule has 3 aromatic rings. The molecule has 0 N–H and O–H groups in total. The average Bonchev–Trinajstić information content (AvgIpc) is 2.86. The van der Waals surface area contributed by atoms with E-state index in [1.54, 1.807) is 0 Å². The normalized spacial score (nSPS) is 12.0. The van der Waals surface area contributed by atoms with Gasteiger partial charge in [-0.2, -0.15) is 4.99 Å². The number of amides is 1. The lowest BCUT2D eigenvalue weighted by molar-refractivity contribution is 0.0998. The van der Waals surface area contributed by atoms with E-state index in [9.17, 15) is 9.18 Å². The maximum atomic E-state index is 12.9. The number of para-hydroxylation sites is 1. The van der Waals surface area contributed by atoms with E-state index in [1.807, 2.05) is 29.7 Å². The Morgan fingerprint density at radius 2 is 2.00 bits per heavy atom. The van der Waals surface area contributed by atoms with Crippen molar-refractivity contribution >= 4 is 43.4 Å². The Bertz CT molecular complexity index is 912. The van der Waals surface area contributed by atoms with E-state index in [0.717, 1.165) is 14.7 Å². The van der Waals surface area contributed by atoms with Crippen LogP contribution in [0.25, 0.3) is 10.2 Å². The van der Waals surface area contributed by atoms with Crippen molar-refractivity contribution in [3.8, 4) is 0 Å². The number of carbonyl (C=O) groups is 1. The maximum Gasteiger partial charge on any atom is 0.279 e. The second kappa shape index (κ2) is 6.14. The van der Waals surface area contributed by atoms with Gasteiger partial charge in [0.25, 0.3) is 5.91 Å². The monoisotopic (exact) mass is 378 g/mol. The summed E-state index contributed by atoms with van der Waals surface area (Å²) in [4.78, 5) is 17.1. The van der Waals surface area contributed by atoms with Gasteiger partial charge in [0.15, 0.2) is 4.80 Å². The Kier molecular flexibility index (Phi) is 4.22.